The van der Waals surface area contributed by atoms with E-state index in [2.05, 4.69) is 24.2 Å². The molecule has 1 N–H and O–H groups in total. The third-order valence-electron chi connectivity index (χ3n) is 5.45. The van der Waals surface area contributed by atoms with Gasteiger partial charge >= 0.3 is 0 Å². The van der Waals surface area contributed by atoms with Crippen LogP contribution in [0.25, 0.3) is 0 Å². The summed E-state index contributed by atoms with van der Waals surface area (Å²) in [6.07, 6.45) is 6.15. The van der Waals surface area contributed by atoms with Gasteiger partial charge in [-0.3, -0.25) is 0 Å². The number of hydrogen-bond donors (Lipinski definition) is 1. The molecule has 5 atom stereocenters. The van der Waals surface area contributed by atoms with Crippen LogP contribution in [-0.2, 0) is 0 Å². The van der Waals surface area contributed by atoms with E-state index in [1.807, 2.05) is 0 Å². The van der Waals surface area contributed by atoms with Crippen LogP contribution in [0, 0.1) is 23.7 Å². The van der Waals surface area contributed by atoms with Crippen molar-refractivity contribution in [3.63, 3.8) is 0 Å². The first-order valence-electron chi connectivity index (χ1n) is 7.15. The Labute approximate surface area is 99.8 Å². The molecule has 16 heavy (non-hydrogen) atoms. The van der Waals surface area contributed by atoms with E-state index in [1.54, 1.807) is 6.42 Å². The maximum absolute atomic E-state index is 3.52. The van der Waals surface area contributed by atoms with E-state index >= 15 is 0 Å². The summed E-state index contributed by atoms with van der Waals surface area (Å²) in [5, 5.41) is 3.52. The van der Waals surface area contributed by atoms with Crippen molar-refractivity contribution in [3.05, 3.63) is 0 Å². The molecule has 1 saturated heterocycles. The van der Waals surface area contributed by atoms with Crippen LogP contribution in [0.1, 0.15) is 32.6 Å². The number of hydrogen-bond acceptors (Lipinski definition) is 2. The van der Waals surface area contributed by atoms with Crippen molar-refractivity contribution in [1.82, 2.24) is 10.2 Å². The minimum Gasteiger partial charge on any atom is -0.315 e. The second-order valence-electron chi connectivity index (χ2n) is 6.58. The van der Waals surface area contributed by atoms with E-state index in [0.717, 1.165) is 29.7 Å². The zero-order valence-electron chi connectivity index (χ0n) is 10.8. The van der Waals surface area contributed by atoms with Gasteiger partial charge in [0.1, 0.15) is 0 Å². The molecule has 3 rings (SSSR count). The Morgan fingerprint density at radius 1 is 1.19 bits per heavy atom. The van der Waals surface area contributed by atoms with Crippen molar-refractivity contribution in [1.29, 1.82) is 0 Å². The van der Waals surface area contributed by atoms with Crippen LogP contribution >= 0.6 is 0 Å². The largest absolute Gasteiger partial charge is 0.315 e. The molecule has 0 aromatic rings. The molecule has 5 unspecified atom stereocenters. The Morgan fingerprint density at radius 2 is 2.06 bits per heavy atom. The maximum Gasteiger partial charge on any atom is 0.0255 e. The van der Waals surface area contributed by atoms with Crippen molar-refractivity contribution in [2.75, 3.05) is 26.7 Å². The first kappa shape index (κ1) is 11.0. The Kier molecular flexibility index (Phi) is 2.97. The third kappa shape index (κ3) is 1.91. The topological polar surface area (TPSA) is 15.3 Å². The molecule has 0 spiro atoms. The summed E-state index contributed by atoms with van der Waals surface area (Å²) in [5.41, 5.74) is 0. The van der Waals surface area contributed by atoms with E-state index in [0.29, 0.717) is 0 Å². The fourth-order valence-electron chi connectivity index (χ4n) is 4.49. The summed E-state index contributed by atoms with van der Waals surface area (Å²) in [6.45, 7) is 6.17. The van der Waals surface area contributed by atoms with Gasteiger partial charge in [0, 0.05) is 19.1 Å². The van der Waals surface area contributed by atoms with Crippen LogP contribution in [0.4, 0.5) is 0 Å². The number of fused-ring (bicyclic) bond motifs is 2. The molecule has 2 heteroatoms. The summed E-state index contributed by atoms with van der Waals surface area (Å²) in [5.74, 6) is 4.04. The van der Waals surface area contributed by atoms with Crippen LogP contribution < -0.4 is 5.32 Å². The highest BCUT2D eigenvalue weighted by Gasteiger charge is 2.40. The smallest absolute Gasteiger partial charge is 0.0255 e. The molecule has 2 aliphatic carbocycles. The van der Waals surface area contributed by atoms with Gasteiger partial charge in [0.25, 0.3) is 0 Å². The van der Waals surface area contributed by atoms with E-state index in [1.165, 1.54) is 38.9 Å². The molecule has 0 amide bonds. The lowest BCUT2D eigenvalue weighted by molar-refractivity contribution is 0.160. The summed E-state index contributed by atoms with van der Waals surface area (Å²) >= 11 is 0. The first-order chi connectivity index (χ1) is 7.74. The van der Waals surface area contributed by atoms with E-state index in [4.69, 9.17) is 0 Å². The standard InChI is InChI=1S/C14H26N2/c1-10-7-15-8-14(10)16(2)9-13-6-11-3-4-12(13)5-11/h10-15H,3-9H2,1-2H3. The summed E-state index contributed by atoms with van der Waals surface area (Å²) in [7, 11) is 2.35. The maximum atomic E-state index is 3.52. The van der Waals surface area contributed by atoms with Crippen LogP contribution in [-0.4, -0.2) is 37.6 Å². The molecule has 1 aliphatic heterocycles. The summed E-state index contributed by atoms with van der Waals surface area (Å²) in [4.78, 5) is 2.65. The highest BCUT2D eigenvalue weighted by atomic mass is 15.2. The molecule has 0 aromatic carbocycles. The number of nitrogens with zero attached hydrogens (tertiary/aromatic N) is 1. The van der Waals surface area contributed by atoms with Gasteiger partial charge in [0.05, 0.1) is 0 Å². The van der Waals surface area contributed by atoms with E-state index < -0.39 is 0 Å². The van der Waals surface area contributed by atoms with Gasteiger partial charge in [-0.1, -0.05) is 13.3 Å². The van der Waals surface area contributed by atoms with E-state index in [9.17, 15) is 0 Å². The van der Waals surface area contributed by atoms with Crippen molar-refractivity contribution >= 4 is 0 Å². The minimum absolute atomic E-state index is 0.791. The van der Waals surface area contributed by atoms with Crippen LogP contribution in [0.5, 0.6) is 0 Å². The highest BCUT2D eigenvalue weighted by molar-refractivity contribution is 4.93. The van der Waals surface area contributed by atoms with E-state index in [-0.39, 0.29) is 0 Å². The Bertz CT molecular complexity index is 253. The van der Waals surface area contributed by atoms with Gasteiger partial charge in [-0.2, -0.15) is 0 Å². The zero-order valence-corrected chi connectivity index (χ0v) is 10.8. The van der Waals surface area contributed by atoms with Crippen LogP contribution in [0.3, 0.4) is 0 Å². The van der Waals surface area contributed by atoms with Gasteiger partial charge in [0.15, 0.2) is 0 Å². The fourth-order valence-corrected chi connectivity index (χ4v) is 4.49. The fraction of sp³-hybridized carbons (Fsp3) is 1.00. The lowest BCUT2D eigenvalue weighted by Gasteiger charge is -2.32. The molecule has 2 saturated carbocycles. The molecule has 3 fully saturated rings. The van der Waals surface area contributed by atoms with Gasteiger partial charge in [-0.25, -0.2) is 0 Å². The SMILES string of the molecule is CC1CNCC1N(C)CC1CC2CCC1C2. The molecular weight excluding hydrogens is 196 g/mol. The van der Waals surface area contributed by atoms with Gasteiger partial charge in [-0.05, 0) is 56.5 Å². The number of nitrogens with one attached hydrogen (secondary N) is 1. The predicted octanol–water partition coefficient (Wildman–Crippen LogP) is 1.96. The van der Waals surface area contributed by atoms with Crippen LogP contribution in [0.15, 0.2) is 0 Å². The average Bonchev–Trinajstić information content (AvgIpc) is 2.92. The lowest BCUT2D eigenvalue weighted by Crippen LogP contribution is -2.40. The second kappa shape index (κ2) is 4.30. The molecule has 1 heterocycles. The first-order valence-corrected chi connectivity index (χ1v) is 7.15. The third-order valence-corrected chi connectivity index (χ3v) is 5.45. The molecular formula is C14H26N2. The molecule has 0 aromatic heterocycles. The van der Waals surface area contributed by atoms with Crippen LogP contribution in [0.2, 0.25) is 0 Å². The van der Waals surface area contributed by atoms with Crippen molar-refractivity contribution < 1.29 is 0 Å². The summed E-state index contributed by atoms with van der Waals surface area (Å²) < 4.78 is 0. The van der Waals surface area contributed by atoms with Crippen molar-refractivity contribution in [3.8, 4) is 0 Å². The zero-order chi connectivity index (χ0) is 11.1. The van der Waals surface area contributed by atoms with Gasteiger partial charge in [-0.15, -0.1) is 0 Å². The molecule has 92 valence electrons. The molecule has 2 bridgehead atoms. The predicted molar refractivity (Wildman–Crippen MR) is 67.4 cm³/mol. The molecule has 0 radical (unpaired) electrons. The Hall–Kier alpha value is -0.0800. The minimum atomic E-state index is 0.791. The molecule has 3 aliphatic rings. The second-order valence-corrected chi connectivity index (χ2v) is 6.58. The normalized spacial score (nSPS) is 47.1. The quantitative estimate of drug-likeness (QED) is 0.785. The lowest BCUT2D eigenvalue weighted by atomic mass is 9.88. The van der Waals surface area contributed by atoms with Gasteiger partial charge < -0.3 is 10.2 Å². The van der Waals surface area contributed by atoms with Gasteiger partial charge in [0.2, 0.25) is 0 Å². The number of likely N-dealkylation sites (N-methyl/N-ethyl adjacent to an activating group) is 1. The number of rotatable bonds is 3. The highest BCUT2D eigenvalue weighted by Crippen LogP contribution is 2.48. The van der Waals surface area contributed by atoms with Crippen molar-refractivity contribution in [2.45, 2.75) is 38.6 Å². The monoisotopic (exact) mass is 222 g/mol. The molecule has 2 nitrogen and oxygen atoms in total. The Morgan fingerprint density at radius 3 is 2.62 bits per heavy atom. The van der Waals surface area contributed by atoms with Crippen molar-refractivity contribution in [2.24, 2.45) is 23.7 Å². The summed E-state index contributed by atoms with van der Waals surface area (Å²) in [6, 6.07) is 0.791. The Balaban J connectivity index is 1.54. The average molecular weight is 222 g/mol.